The van der Waals surface area contributed by atoms with Gasteiger partial charge in [-0.1, -0.05) is 0 Å². The Morgan fingerprint density at radius 3 is 2.17 bits per heavy atom. The molecule has 23 heavy (non-hydrogen) atoms. The van der Waals surface area contributed by atoms with Gasteiger partial charge in [-0.05, 0) is 0 Å². The van der Waals surface area contributed by atoms with Crippen molar-refractivity contribution in [2.24, 2.45) is 5.73 Å². The Labute approximate surface area is 134 Å². The summed E-state index contributed by atoms with van der Waals surface area (Å²) in [5.74, 6) is -1.20. The third-order valence-electron chi connectivity index (χ3n) is 3.11. The molecule has 10 nitrogen and oxygen atoms in total. The Morgan fingerprint density at radius 1 is 1.26 bits per heavy atom. The maximum absolute atomic E-state index is 10.0. The average Bonchev–Trinajstić information content (AvgIpc) is 2.38. The van der Waals surface area contributed by atoms with Crippen molar-refractivity contribution in [2.75, 3.05) is 34.3 Å². The zero-order chi connectivity index (χ0) is 18.4. The zero-order valence-corrected chi connectivity index (χ0v) is 13.6. The minimum absolute atomic E-state index is 0.282. The van der Waals surface area contributed by atoms with E-state index < -0.39 is 49.3 Å². The molecule has 7 N–H and O–H groups in total. The normalized spacial score (nSPS) is 32.7. The summed E-state index contributed by atoms with van der Waals surface area (Å²) in [6, 6.07) is -1.04. The van der Waals surface area contributed by atoms with Crippen LogP contribution in [0.4, 0.5) is 0 Å². The predicted molar refractivity (Wildman–Crippen MR) is 76.5 cm³/mol. The first-order valence-electron chi connectivity index (χ1n) is 7.13. The summed E-state index contributed by atoms with van der Waals surface area (Å²) in [7, 11) is 5.66. The number of likely N-dealkylation sites (N-methyl/N-ethyl adjacent to an activating group) is 1. The molecule has 0 aromatic carbocycles. The van der Waals surface area contributed by atoms with Gasteiger partial charge in [0.05, 0.1) is 33.8 Å². The molecule has 0 aliphatic carbocycles. The molecule has 0 aromatic heterocycles. The number of nitrogens with zero attached hydrogens (tertiary/aromatic N) is 1. The third kappa shape index (κ3) is 8.53. The fourth-order valence-corrected chi connectivity index (χ4v) is 2.01. The Bertz CT molecular complexity index is 358. The van der Waals surface area contributed by atoms with Gasteiger partial charge in [0.25, 0.3) is 0 Å². The van der Waals surface area contributed by atoms with Crippen LogP contribution in [0.25, 0.3) is 0 Å². The van der Waals surface area contributed by atoms with Crippen molar-refractivity contribution in [1.29, 1.82) is 0 Å². The van der Waals surface area contributed by atoms with Crippen LogP contribution >= 0.6 is 0 Å². The lowest BCUT2D eigenvalue weighted by atomic mass is 9.98. The summed E-state index contributed by atoms with van der Waals surface area (Å²) in [6.07, 6.45) is -5.94. The highest BCUT2D eigenvalue weighted by molar-refractivity contribution is 5.64. The van der Waals surface area contributed by atoms with Crippen LogP contribution in [0.15, 0.2) is 0 Å². The number of carboxylic acid groups (broad SMARTS) is 1. The van der Waals surface area contributed by atoms with Crippen LogP contribution in [-0.4, -0.2) is 107 Å². The van der Waals surface area contributed by atoms with Crippen molar-refractivity contribution in [3.05, 3.63) is 0 Å². The van der Waals surface area contributed by atoms with Crippen molar-refractivity contribution in [3.8, 4) is 0 Å². The number of quaternary nitrogens is 1. The third-order valence-corrected chi connectivity index (χ3v) is 3.11. The second-order valence-electron chi connectivity index (χ2n) is 6.51. The number of rotatable bonds is 5. The molecule has 1 rings (SSSR count). The molecule has 0 amide bonds. The second kappa shape index (κ2) is 9.45. The standard InChI is InChI=1S/C7H15NO3.C6H13NO5/c1-8(2,3)5-6(9)4-7(10)11;7-3-5(10)4(9)2(1-8)12-6(3)11/h6,9H,4-5H2,1-3H3;2-6,8-11H,1,7H2/t;2-,3-,4-,5-,6?/m.1/s1. The van der Waals surface area contributed by atoms with Gasteiger partial charge in [0.1, 0.15) is 31.0 Å². The first-order chi connectivity index (χ1) is 10.4. The number of aliphatic hydroxyl groups is 5. The lowest BCUT2D eigenvalue weighted by molar-refractivity contribution is -0.873. The number of hydrogen-bond acceptors (Lipinski definition) is 9. The molecule has 1 heterocycles. The zero-order valence-electron chi connectivity index (χ0n) is 13.6. The number of hydrogen-bond donors (Lipinski definition) is 6. The number of aliphatic hydroxyl groups excluding tert-OH is 5. The second-order valence-corrected chi connectivity index (χ2v) is 6.51. The lowest BCUT2D eigenvalue weighted by Gasteiger charge is -2.38. The van der Waals surface area contributed by atoms with Crippen molar-refractivity contribution in [2.45, 2.75) is 43.2 Å². The van der Waals surface area contributed by atoms with Gasteiger partial charge in [0.15, 0.2) is 6.29 Å². The van der Waals surface area contributed by atoms with Crippen LogP contribution in [0.1, 0.15) is 6.42 Å². The number of aliphatic carboxylic acids is 1. The van der Waals surface area contributed by atoms with E-state index in [-0.39, 0.29) is 6.42 Å². The molecule has 1 aliphatic rings. The number of carbonyl (C=O) groups excluding carboxylic acids is 1. The summed E-state index contributed by atoms with van der Waals surface area (Å²) < 4.78 is 5.25. The van der Waals surface area contributed by atoms with Gasteiger partial charge < -0.3 is 50.4 Å². The maximum Gasteiger partial charge on any atom is 0.173 e. The molecule has 0 bridgehead atoms. The number of carbonyl (C=O) groups is 1. The van der Waals surface area contributed by atoms with E-state index in [1.165, 1.54) is 0 Å². The van der Waals surface area contributed by atoms with Gasteiger partial charge in [0.2, 0.25) is 0 Å². The van der Waals surface area contributed by atoms with Crippen LogP contribution in [0.3, 0.4) is 0 Å². The topological polar surface area (TPSA) is 177 Å². The van der Waals surface area contributed by atoms with E-state index in [2.05, 4.69) is 0 Å². The van der Waals surface area contributed by atoms with Crippen LogP contribution in [-0.2, 0) is 9.53 Å². The Morgan fingerprint density at radius 2 is 1.78 bits per heavy atom. The van der Waals surface area contributed by atoms with Crippen LogP contribution in [0, 0.1) is 0 Å². The highest BCUT2D eigenvalue weighted by Gasteiger charge is 2.41. The minimum atomic E-state index is -1.35. The minimum Gasteiger partial charge on any atom is -0.550 e. The fraction of sp³-hybridized carbons (Fsp3) is 0.923. The SMILES string of the molecule is C[N+](C)(C)CC(O)CC(=O)[O-].N[C@H]1C(O)O[C@H](CO)[C@@H](O)[C@@H]1O. The molecule has 0 radical (unpaired) electrons. The van der Waals surface area contributed by atoms with E-state index in [1.54, 1.807) is 0 Å². The Hall–Kier alpha value is -0.850. The summed E-state index contributed by atoms with van der Waals surface area (Å²) in [4.78, 5) is 10.0. The number of carboxylic acids is 1. The lowest BCUT2D eigenvalue weighted by Crippen LogP contribution is -2.61. The monoisotopic (exact) mass is 340 g/mol. The van der Waals surface area contributed by atoms with Gasteiger partial charge in [-0.25, -0.2) is 0 Å². The molecule has 0 spiro atoms. The molecule has 10 heteroatoms. The van der Waals surface area contributed by atoms with E-state index in [9.17, 15) is 20.1 Å². The number of nitrogens with two attached hydrogens (primary N) is 1. The molecular weight excluding hydrogens is 312 g/mol. The summed E-state index contributed by atoms with van der Waals surface area (Å²) in [5.41, 5.74) is 5.26. The first-order valence-corrected chi connectivity index (χ1v) is 7.13. The van der Waals surface area contributed by atoms with Crippen LogP contribution in [0.5, 0.6) is 0 Å². The van der Waals surface area contributed by atoms with Gasteiger partial charge in [-0.2, -0.15) is 0 Å². The quantitative estimate of drug-likeness (QED) is 0.267. The summed E-state index contributed by atoms with van der Waals surface area (Å²) >= 11 is 0. The molecule has 0 aromatic rings. The molecule has 1 fully saturated rings. The molecule has 2 unspecified atom stereocenters. The van der Waals surface area contributed by atoms with Gasteiger partial charge in [-0.15, -0.1) is 0 Å². The van der Waals surface area contributed by atoms with Crippen molar-refractivity contribution in [1.82, 2.24) is 0 Å². The van der Waals surface area contributed by atoms with Crippen LogP contribution < -0.4 is 10.8 Å². The maximum atomic E-state index is 10.0. The molecular formula is C13H28N2O8. The van der Waals surface area contributed by atoms with Gasteiger partial charge >= 0.3 is 0 Å². The van der Waals surface area contributed by atoms with E-state index in [0.717, 1.165) is 0 Å². The van der Waals surface area contributed by atoms with E-state index >= 15 is 0 Å². The average molecular weight is 340 g/mol. The highest BCUT2D eigenvalue weighted by atomic mass is 16.6. The van der Waals surface area contributed by atoms with E-state index in [1.807, 2.05) is 21.1 Å². The number of ether oxygens (including phenoxy) is 1. The summed E-state index contributed by atoms with van der Waals surface area (Å²) in [6.45, 7) is -0.0456. The highest BCUT2D eigenvalue weighted by Crippen LogP contribution is 2.17. The smallest absolute Gasteiger partial charge is 0.173 e. The first kappa shape index (κ1) is 22.1. The predicted octanol–water partition coefficient (Wildman–Crippen LogP) is -5.06. The van der Waals surface area contributed by atoms with Crippen molar-refractivity contribution in [3.63, 3.8) is 0 Å². The molecule has 1 saturated heterocycles. The van der Waals surface area contributed by atoms with E-state index in [0.29, 0.717) is 11.0 Å². The molecule has 138 valence electrons. The Balaban J connectivity index is 0.000000423. The van der Waals surface area contributed by atoms with Gasteiger partial charge in [0, 0.05) is 12.4 Å². The largest absolute Gasteiger partial charge is 0.550 e. The summed E-state index contributed by atoms with van der Waals surface area (Å²) in [5, 5.41) is 55.2. The van der Waals surface area contributed by atoms with E-state index in [4.69, 9.17) is 25.8 Å². The van der Waals surface area contributed by atoms with Crippen molar-refractivity contribution >= 4 is 5.97 Å². The van der Waals surface area contributed by atoms with Crippen molar-refractivity contribution < 1.29 is 44.7 Å². The fourth-order valence-electron chi connectivity index (χ4n) is 2.01. The molecule has 1 aliphatic heterocycles. The molecule has 6 atom stereocenters. The Kier molecular flexibility index (Phi) is 9.10. The van der Waals surface area contributed by atoms with Crippen LogP contribution in [0.2, 0.25) is 0 Å². The molecule has 0 saturated carbocycles. The van der Waals surface area contributed by atoms with Gasteiger partial charge in [-0.3, -0.25) is 0 Å².